The largest absolute Gasteiger partial charge is 0.479 e. The molecule has 0 bridgehead atoms. The fourth-order valence-corrected chi connectivity index (χ4v) is 2.44. The molecule has 0 saturated heterocycles. The molecule has 0 aliphatic heterocycles. The zero-order valence-corrected chi connectivity index (χ0v) is 14.6. The summed E-state index contributed by atoms with van der Waals surface area (Å²) in [5.41, 5.74) is 1.47. The summed E-state index contributed by atoms with van der Waals surface area (Å²) in [4.78, 5) is 12.1. The van der Waals surface area contributed by atoms with Crippen LogP contribution in [0.4, 0.5) is 17.6 Å². The molecule has 7 heteroatoms. The van der Waals surface area contributed by atoms with E-state index >= 15 is 0 Å². The fraction of sp³-hybridized carbons (Fsp3) is 0.0952. The van der Waals surface area contributed by atoms with Crippen molar-refractivity contribution in [2.45, 2.75) is 13.5 Å². The van der Waals surface area contributed by atoms with Crippen molar-refractivity contribution in [3.63, 3.8) is 0 Å². The Kier molecular flexibility index (Phi) is 5.63. The lowest BCUT2D eigenvalue weighted by atomic mass is 10.1. The van der Waals surface area contributed by atoms with Crippen LogP contribution in [0.3, 0.4) is 0 Å². The Hall–Kier alpha value is -3.35. The zero-order chi connectivity index (χ0) is 20.3. The SMILES string of the molecule is Cc1cccc(C(=O)/C=C/c2ccc(COc3c(F)c(F)cc(F)c3F)o2)c1. The second-order valence-corrected chi connectivity index (χ2v) is 5.96. The summed E-state index contributed by atoms with van der Waals surface area (Å²) >= 11 is 0. The third kappa shape index (κ3) is 4.31. The maximum atomic E-state index is 13.6. The molecule has 3 aromatic rings. The first-order chi connectivity index (χ1) is 13.3. The first kappa shape index (κ1) is 19.4. The number of halogens is 4. The van der Waals surface area contributed by atoms with Crippen LogP contribution in [0, 0.1) is 30.2 Å². The third-order valence-corrected chi connectivity index (χ3v) is 3.81. The number of benzene rings is 2. The van der Waals surface area contributed by atoms with Crippen LogP contribution in [0.1, 0.15) is 27.4 Å². The van der Waals surface area contributed by atoms with Crippen molar-refractivity contribution in [2.24, 2.45) is 0 Å². The van der Waals surface area contributed by atoms with Gasteiger partial charge in [-0.25, -0.2) is 8.78 Å². The molecule has 3 nitrogen and oxygen atoms in total. The van der Waals surface area contributed by atoms with E-state index in [1.165, 1.54) is 24.3 Å². The van der Waals surface area contributed by atoms with Crippen molar-refractivity contribution in [1.29, 1.82) is 0 Å². The highest BCUT2D eigenvalue weighted by Gasteiger charge is 2.21. The van der Waals surface area contributed by atoms with Gasteiger partial charge in [0.25, 0.3) is 0 Å². The van der Waals surface area contributed by atoms with E-state index in [0.29, 0.717) is 11.3 Å². The lowest BCUT2D eigenvalue weighted by Crippen LogP contribution is -2.03. The lowest BCUT2D eigenvalue weighted by Gasteiger charge is -2.08. The van der Waals surface area contributed by atoms with Crippen molar-refractivity contribution >= 4 is 11.9 Å². The van der Waals surface area contributed by atoms with Gasteiger partial charge in [-0.2, -0.15) is 8.78 Å². The van der Waals surface area contributed by atoms with Gasteiger partial charge >= 0.3 is 0 Å². The Morgan fingerprint density at radius 3 is 2.43 bits per heavy atom. The maximum Gasteiger partial charge on any atom is 0.203 e. The number of allylic oxidation sites excluding steroid dienone is 1. The Morgan fingerprint density at radius 1 is 1.04 bits per heavy atom. The van der Waals surface area contributed by atoms with Crippen LogP contribution in [0.15, 0.2) is 53.0 Å². The maximum absolute atomic E-state index is 13.6. The van der Waals surface area contributed by atoms with Crippen LogP contribution in [-0.2, 0) is 6.61 Å². The summed E-state index contributed by atoms with van der Waals surface area (Å²) in [6.45, 7) is 1.41. The summed E-state index contributed by atoms with van der Waals surface area (Å²) in [5, 5.41) is 0. The number of ether oxygens (including phenoxy) is 1. The number of hydrogen-bond donors (Lipinski definition) is 0. The van der Waals surface area contributed by atoms with E-state index < -0.39 is 35.6 Å². The minimum Gasteiger partial charge on any atom is -0.479 e. The molecule has 1 aromatic heterocycles. The third-order valence-electron chi connectivity index (χ3n) is 3.81. The monoisotopic (exact) mass is 390 g/mol. The van der Waals surface area contributed by atoms with Crippen LogP contribution in [-0.4, -0.2) is 5.78 Å². The van der Waals surface area contributed by atoms with Gasteiger partial charge in [-0.05, 0) is 37.3 Å². The van der Waals surface area contributed by atoms with E-state index in [1.54, 1.807) is 18.2 Å². The van der Waals surface area contributed by atoms with Crippen molar-refractivity contribution < 1.29 is 31.5 Å². The average Bonchev–Trinajstić information content (AvgIpc) is 3.12. The molecule has 0 atom stereocenters. The highest BCUT2D eigenvalue weighted by Crippen LogP contribution is 2.27. The van der Waals surface area contributed by atoms with Crippen LogP contribution in [0.2, 0.25) is 0 Å². The molecule has 0 fully saturated rings. The summed E-state index contributed by atoms with van der Waals surface area (Å²) in [5.74, 6) is -7.34. The van der Waals surface area contributed by atoms with Crippen molar-refractivity contribution in [3.8, 4) is 5.75 Å². The predicted molar refractivity (Wildman–Crippen MR) is 93.9 cm³/mol. The van der Waals surface area contributed by atoms with Gasteiger partial charge < -0.3 is 9.15 Å². The van der Waals surface area contributed by atoms with Gasteiger partial charge in [-0.15, -0.1) is 0 Å². The second-order valence-electron chi connectivity index (χ2n) is 5.96. The molecule has 3 rings (SSSR count). The molecule has 0 saturated carbocycles. The van der Waals surface area contributed by atoms with Crippen LogP contribution >= 0.6 is 0 Å². The number of aryl methyl sites for hydroxylation is 1. The molecule has 0 unspecified atom stereocenters. The molecule has 0 aliphatic rings. The zero-order valence-electron chi connectivity index (χ0n) is 14.6. The van der Waals surface area contributed by atoms with Gasteiger partial charge in [0.15, 0.2) is 23.2 Å². The topological polar surface area (TPSA) is 39.4 Å². The normalized spacial score (nSPS) is 11.2. The molecule has 1 heterocycles. The fourth-order valence-electron chi connectivity index (χ4n) is 2.44. The van der Waals surface area contributed by atoms with E-state index in [-0.39, 0.29) is 17.6 Å². The summed E-state index contributed by atoms with van der Waals surface area (Å²) in [6.07, 6.45) is 2.75. The number of furan rings is 1. The summed E-state index contributed by atoms with van der Waals surface area (Å²) in [7, 11) is 0. The minimum atomic E-state index is -1.63. The van der Waals surface area contributed by atoms with E-state index in [1.807, 2.05) is 13.0 Å². The van der Waals surface area contributed by atoms with Gasteiger partial charge in [-0.1, -0.05) is 23.8 Å². The summed E-state index contributed by atoms with van der Waals surface area (Å²) < 4.78 is 63.6. The standard InChI is InChI=1S/C21H14F4O3/c1-12-3-2-4-13(9-12)18(26)8-7-14-5-6-15(28-14)11-27-21-19(24)16(22)10-17(23)20(21)25/h2-10H,11H2,1H3/b8-7+. The van der Waals surface area contributed by atoms with E-state index in [2.05, 4.69) is 0 Å². The molecule has 0 spiro atoms. The first-order valence-corrected chi connectivity index (χ1v) is 8.18. The lowest BCUT2D eigenvalue weighted by molar-refractivity contribution is 0.104. The van der Waals surface area contributed by atoms with Gasteiger partial charge in [0.1, 0.15) is 18.1 Å². The molecule has 28 heavy (non-hydrogen) atoms. The molecule has 2 aromatic carbocycles. The van der Waals surface area contributed by atoms with Crippen molar-refractivity contribution in [1.82, 2.24) is 0 Å². The van der Waals surface area contributed by atoms with Crippen LogP contribution in [0.5, 0.6) is 5.75 Å². The van der Waals surface area contributed by atoms with Gasteiger partial charge in [0, 0.05) is 11.6 Å². The first-order valence-electron chi connectivity index (χ1n) is 8.18. The van der Waals surface area contributed by atoms with Crippen LogP contribution in [0.25, 0.3) is 6.08 Å². The Labute approximate surface area is 157 Å². The number of hydrogen-bond acceptors (Lipinski definition) is 3. The highest BCUT2D eigenvalue weighted by atomic mass is 19.2. The highest BCUT2D eigenvalue weighted by molar-refractivity contribution is 6.06. The summed E-state index contributed by atoms with van der Waals surface area (Å²) in [6, 6.07) is 10.1. The van der Waals surface area contributed by atoms with Crippen molar-refractivity contribution in [2.75, 3.05) is 0 Å². The molecule has 0 aliphatic carbocycles. The van der Waals surface area contributed by atoms with E-state index in [4.69, 9.17) is 9.15 Å². The Bertz CT molecular complexity index is 1030. The number of carbonyl (C=O) groups excluding carboxylic acids is 1. The van der Waals surface area contributed by atoms with Crippen molar-refractivity contribution in [3.05, 3.63) is 94.5 Å². The second kappa shape index (κ2) is 8.12. The molecule has 144 valence electrons. The average molecular weight is 390 g/mol. The van der Waals surface area contributed by atoms with E-state index in [0.717, 1.165) is 5.56 Å². The molecular formula is C21H14F4O3. The van der Waals surface area contributed by atoms with Crippen LogP contribution < -0.4 is 4.74 Å². The van der Waals surface area contributed by atoms with Gasteiger partial charge in [0.05, 0.1) is 0 Å². The number of rotatable bonds is 6. The van der Waals surface area contributed by atoms with E-state index in [9.17, 15) is 22.4 Å². The smallest absolute Gasteiger partial charge is 0.203 e. The molecule has 0 N–H and O–H groups in total. The van der Waals surface area contributed by atoms with Gasteiger partial charge in [-0.3, -0.25) is 4.79 Å². The Morgan fingerprint density at radius 2 is 1.75 bits per heavy atom. The molecule has 0 radical (unpaired) electrons. The number of carbonyl (C=O) groups is 1. The number of ketones is 1. The predicted octanol–water partition coefficient (Wildman–Crippen LogP) is 5.62. The quantitative estimate of drug-likeness (QED) is 0.237. The molecular weight excluding hydrogens is 376 g/mol. The molecule has 0 amide bonds. The Balaban J connectivity index is 1.67. The van der Waals surface area contributed by atoms with Gasteiger partial charge in [0.2, 0.25) is 11.6 Å². The minimum absolute atomic E-state index is 0.0958.